The molecule has 2 aromatic rings. The van der Waals surface area contributed by atoms with E-state index < -0.39 is 0 Å². The van der Waals surface area contributed by atoms with E-state index >= 15 is 0 Å². The van der Waals surface area contributed by atoms with Crippen molar-refractivity contribution < 1.29 is 9.63 Å². The van der Waals surface area contributed by atoms with Gasteiger partial charge in [-0.2, -0.15) is 4.98 Å². The molecule has 1 fully saturated rings. The van der Waals surface area contributed by atoms with Gasteiger partial charge >= 0.3 is 0 Å². The van der Waals surface area contributed by atoms with E-state index in [0.717, 1.165) is 38.4 Å². The van der Waals surface area contributed by atoms with Gasteiger partial charge < -0.3 is 14.5 Å². The number of aromatic nitrogens is 2. The summed E-state index contributed by atoms with van der Waals surface area (Å²) in [7, 11) is 2.06. The molecule has 25 heavy (non-hydrogen) atoms. The van der Waals surface area contributed by atoms with Crippen LogP contribution in [0.3, 0.4) is 0 Å². The maximum atomic E-state index is 10.4. The molecule has 2 heterocycles. The molecule has 6 heteroatoms. The van der Waals surface area contributed by atoms with Crippen LogP contribution in [0.25, 0.3) is 0 Å². The van der Waals surface area contributed by atoms with E-state index in [1.165, 1.54) is 5.56 Å². The summed E-state index contributed by atoms with van der Waals surface area (Å²) >= 11 is 0. The number of likely N-dealkylation sites (N-methyl/N-ethyl adjacent to an activating group) is 1. The van der Waals surface area contributed by atoms with E-state index in [9.17, 15) is 5.11 Å². The lowest BCUT2D eigenvalue weighted by molar-refractivity contribution is 0.0681. The second-order valence-corrected chi connectivity index (χ2v) is 7.09. The largest absolute Gasteiger partial charge is 0.390 e. The first-order valence-electron chi connectivity index (χ1n) is 9.03. The summed E-state index contributed by atoms with van der Waals surface area (Å²) < 4.78 is 5.29. The molecule has 0 spiro atoms. The van der Waals surface area contributed by atoms with Crippen LogP contribution < -0.4 is 0 Å². The number of β-amino-alcohol motifs (C(OH)–C–C–N with tert-alkyl or cyclic N) is 1. The van der Waals surface area contributed by atoms with Crippen LogP contribution in [-0.2, 0) is 6.54 Å². The minimum atomic E-state index is -0.337. The number of aliphatic hydroxyl groups excluding tert-OH is 1. The van der Waals surface area contributed by atoms with Gasteiger partial charge in [0.1, 0.15) is 0 Å². The molecule has 0 saturated carbocycles. The average Bonchev–Trinajstić information content (AvgIpc) is 3.02. The summed E-state index contributed by atoms with van der Waals surface area (Å²) in [4.78, 5) is 8.86. The predicted octanol–water partition coefficient (Wildman–Crippen LogP) is 2.05. The van der Waals surface area contributed by atoms with Crippen molar-refractivity contribution in [3.63, 3.8) is 0 Å². The Morgan fingerprint density at radius 1 is 1.28 bits per heavy atom. The number of likely N-dealkylation sites (tertiary alicyclic amines) is 1. The van der Waals surface area contributed by atoms with Gasteiger partial charge in [0.25, 0.3) is 0 Å². The molecular formula is C19H28N4O2. The summed E-state index contributed by atoms with van der Waals surface area (Å²) in [6.45, 7) is 6.03. The molecule has 1 N–H and O–H groups in total. The first-order chi connectivity index (χ1) is 12.1. The second kappa shape index (κ2) is 8.56. The Balaban J connectivity index is 1.39. The number of nitrogens with zero attached hydrogens (tertiary/aromatic N) is 4. The van der Waals surface area contributed by atoms with Crippen LogP contribution in [0.1, 0.15) is 36.0 Å². The van der Waals surface area contributed by atoms with Gasteiger partial charge in [0, 0.05) is 25.6 Å². The first kappa shape index (κ1) is 18.0. The molecule has 1 aromatic heterocycles. The molecule has 0 bridgehead atoms. The molecule has 6 nitrogen and oxygen atoms in total. The Hall–Kier alpha value is -1.76. The van der Waals surface area contributed by atoms with Crippen LogP contribution >= 0.6 is 0 Å². The normalized spacial score (nSPS) is 17.9. The third-order valence-corrected chi connectivity index (χ3v) is 4.77. The lowest BCUT2D eigenvalue weighted by Crippen LogP contribution is -2.42. The quantitative estimate of drug-likeness (QED) is 0.829. The lowest BCUT2D eigenvalue weighted by atomic mass is 9.96. The third kappa shape index (κ3) is 5.36. The number of benzene rings is 1. The summed E-state index contributed by atoms with van der Waals surface area (Å²) in [6.07, 6.45) is 1.68. The molecule has 136 valence electrons. The van der Waals surface area contributed by atoms with Crippen molar-refractivity contribution in [1.29, 1.82) is 0 Å². The number of aryl methyl sites for hydroxylation is 1. The molecule has 0 aliphatic carbocycles. The van der Waals surface area contributed by atoms with E-state index in [1.54, 1.807) is 0 Å². The molecule has 0 radical (unpaired) electrons. The van der Waals surface area contributed by atoms with Crippen molar-refractivity contribution in [1.82, 2.24) is 19.9 Å². The smallest absolute Gasteiger partial charge is 0.229 e. The summed E-state index contributed by atoms with van der Waals surface area (Å²) in [5.41, 5.74) is 1.27. The van der Waals surface area contributed by atoms with Crippen molar-refractivity contribution in [2.75, 3.05) is 33.2 Å². The lowest BCUT2D eigenvalue weighted by Gasteiger charge is -2.32. The Labute approximate surface area is 149 Å². The topological polar surface area (TPSA) is 65.6 Å². The van der Waals surface area contributed by atoms with E-state index in [-0.39, 0.29) is 6.10 Å². The maximum absolute atomic E-state index is 10.4. The van der Waals surface area contributed by atoms with Crippen LogP contribution in [0.5, 0.6) is 0 Å². The van der Waals surface area contributed by atoms with Crippen LogP contribution in [0, 0.1) is 6.92 Å². The van der Waals surface area contributed by atoms with Crippen LogP contribution in [0.15, 0.2) is 34.9 Å². The number of hydrogen-bond acceptors (Lipinski definition) is 6. The van der Waals surface area contributed by atoms with Gasteiger partial charge in [-0.3, -0.25) is 4.90 Å². The van der Waals surface area contributed by atoms with Crippen molar-refractivity contribution in [2.24, 2.45) is 0 Å². The van der Waals surface area contributed by atoms with Gasteiger partial charge in [0.2, 0.25) is 5.89 Å². The number of piperidine rings is 1. The monoisotopic (exact) mass is 344 g/mol. The second-order valence-electron chi connectivity index (χ2n) is 7.09. The molecular weight excluding hydrogens is 316 g/mol. The molecule has 0 amide bonds. The molecule has 1 aliphatic rings. The highest BCUT2D eigenvalue weighted by Gasteiger charge is 2.26. The Kier molecular flexibility index (Phi) is 6.18. The van der Waals surface area contributed by atoms with E-state index in [4.69, 9.17) is 4.52 Å². The van der Waals surface area contributed by atoms with E-state index in [2.05, 4.69) is 51.3 Å². The zero-order chi connectivity index (χ0) is 17.6. The van der Waals surface area contributed by atoms with Crippen LogP contribution in [0.2, 0.25) is 0 Å². The standard InChI is InChI=1S/C19H28N4O2/c1-15-20-19(25-21-15)17-8-10-23(11-9-17)14-18(24)13-22(2)12-16-6-4-3-5-7-16/h3-7,17-18,24H,8-14H2,1-2H3. The highest BCUT2D eigenvalue weighted by Crippen LogP contribution is 2.26. The third-order valence-electron chi connectivity index (χ3n) is 4.77. The molecule has 1 aromatic carbocycles. The van der Waals surface area contributed by atoms with Crippen molar-refractivity contribution >= 4 is 0 Å². The van der Waals surface area contributed by atoms with Gasteiger partial charge in [-0.1, -0.05) is 35.5 Å². The van der Waals surface area contributed by atoms with Gasteiger partial charge in [-0.25, -0.2) is 0 Å². The molecule has 1 atom stereocenters. The van der Waals surface area contributed by atoms with Crippen molar-refractivity contribution in [3.05, 3.63) is 47.6 Å². The molecule has 1 aliphatic heterocycles. The van der Waals surface area contributed by atoms with Gasteiger partial charge in [0.05, 0.1) is 6.10 Å². The van der Waals surface area contributed by atoms with Crippen molar-refractivity contribution in [2.45, 2.75) is 38.3 Å². The number of hydrogen-bond donors (Lipinski definition) is 1. The minimum absolute atomic E-state index is 0.337. The van der Waals surface area contributed by atoms with Gasteiger partial charge in [0.15, 0.2) is 5.82 Å². The highest BCUT2D eigenvalue weighted by atomic mass is 16.5. The molecule has 1 unspecified atom stereocenters. The number of aliphatic hydroxyl groups is 1. The van der Waals surface area contributed by atoms with Crippen LogP contribution in [-0.4, -0.2) is 64.4 Å². The van der Waals surface area contributed by atoms with E-state index in [0.29, 0.717) is 24.8 Å². The zero-order valence-electron chi connectivity index (χ0n) is 15.1. The Morgan fingerprint density at radius 2 is 2.00 bits per heavy atom. The fourth-order valence-electron chi connectivity index (χ4n) is 3.52. The first-order valence-corrected chi connectivity index (χ1v) is 9.03. The van der Waals surface area contributed by atoms with Gasteiger partial charge in [-0.15, -0.1) is 0 Å². The SMILES string of the molecule is Cc1noc(C2CCN(CC(O)CN(C)Cc3ccccc3)CC2)n1. The van der Waals surface area contributed by atoms with Gasteiger partial charge in [-0.05, 0) is 45.5 Å². The maximum Gasteiger partial charge on any atom is 0.229 e. The minimum Gasteiger partial charge on any atom is -0.390 e. The van der Waals surface area contributed by atoms with E-state index in [1.807, 2.05) is 13.0 Å². The predicted molar refractivity (Wildman–Crippen MR) is 96.2 cm³/mol. The summed E-state index contributed by atoms with van der Waals surface area (Å²) in [6, 6.07) is 10.4. The average molecular weight is 344 g/mol. The Morgan fingerprint density at radius 3 is 2.64 bits per heavy atom. The Bertz CT molecular complexity index is 638. The van der Waals surface area contributed by atoms with Crippen molar-refractivity contribution in [3.8, 4) is 0 Å². The fourth-order valence-corrected chi connectivity index (χ4v) is 3.52. The number of rotatable bonds is 7. The molecule has 3 rings (SSSR count). The summed E-state index contributed by atoms with van der Waals surface area (Å²) in [5, 5.41) is 14.3. The fraction of sp³-hybridized carbons (Fsp3) is 0.579. The summed E-state index contributed by atoms with van der Waals surface area (Å²) in [5.74, 6) is 1.82. The van der Waals surface area contributed by atoms with Crippen LogP contribution in [0.4, 0.5) is 0 Å². The molecule has 1 saturated heterocycles. The highest BCUT2D eigenvalue weighted by molar-refractivity contribution is 5.14. The zero-order valence-corrected chi connectivity index (χ0v) is 15.1.